The average Bonchev–Trinajstić information content (AvgIpc) is 2.50. The van der Waals surface area contributed by atoms with Gasteiger partial charge in [-0.3, -0.25) is 10.1 Å². The molecule has 0 heterocycles. The number of hydrogen-bond donors (Lipinski definition) is 1. The van der Waals surface area contributed by atoms with E-state index in [0.29, 0.717) is 0 Å². The molecule has 0 saturated heterocycles. The summed E-state index contributed by atoms with van der Waals surface area (Å²) in [6, 6.07) is 5.25. The van der Waals surface area contributed by atoms with Crippen LogP contribution in [0.1, 0.15) is 10.4 Å². The molecule has 0 amide bonds. The van der Waals surface area contributed by atoms with Gasteiger partial charge in [0, 0.05) is 18.2 Å². The third kappa shape index (κ3) is 3.57. The Morgan fingerprint density at radius 1 is 1.30 bits per heavy atom. The number of benzene rings is 2. The second kappa shape index (κ2) is 6.61. The van der Waals surface area contributed by atoms with Gasteiger partial charge in [-0.25, -0.2) is 9.18 Å². The minimum Gasteiger partial charge on any atom is -0.504 e. The van der Waals surface area contributed by atoms with Crippen molar-refractivity contribution < 1.29 is 28.7 Å². The Hall–Kier alpha value is -2.68. The van der Waals surface area contributed by atoms with Crippen molar-refractivity contribution in [1.29, 1.82) is 0 Å². The fourth-order valence-corrected chi connectivity index (χ4v) is 2.15. The van der Waals surface area contributed by atoms with Crippen LogP contribution in [0, 0.1) is 15.9 Å². The molecular weight excluding hydrogens is 377 g/mol. The molecule has 0 aliphatic rings. The fraction of sp³-hybridized carbons (Fsp3) is 0.0714. The number of rotatable bonds is 4. The molecule has 0 atom stereocenters. The molecule has 0 aromatic heterocycles. The number of ether oxygens (including phenoxy) is 2. The summed E-state index contributed by atoms with van der Waals surface area (Å²) >= 11 is 3.08. The fourth-order valence-electron chi connectivity index (χ4n) is 1.74. The van der Waals surface area contributed by atoms with Crippen molar-refractivity contribution in [3.8, 4) is 17.2 Å². The first-order valence-corrected chi connectivity index (χ1v) is 6.85. The molecule has 23 heavy (non-hydrogen) atoms. The van der Waals surface area contributed by atoms with E-state index in [4.69, 9.17) is 4.74 Å². The SMILES string of the molecule is COC(=O)c1cc(Oc2ccc(F)cc2O)c(Br)cc1[N+](=O)[O-]. The van der Waals surface area contributed by atoms with Crippen LogP contribution in [-0.2, 0) is 4.74 Å². The van der Waals surface area contributed by atoms with Crippen molar-refractivity contribution in [2.45, 2.75) is 0 Å². The summed E-state index contributed by atoms with van der Waals surface area (Å²) in [7, 11) is 1.08. The van der Waals surface area contributed by atoms with Crippen molar-refractivity contribution in [1.82, 2.24) is 0 Å². The molecule has 0 bridgehead atoms. The van der Waals surface area contributed by atoms with Gasteiger partial charge in [-0.15, -0.1) is 0 Å². The first-order valence-electron chi connectivity index (χ1n) is 6.06. The quantitative estimate of drug-likeness (QED) is 0.488. The predicted molar refractivity (Wildman–Crippen MR) is 80.3 cm³/mol. The number of nitro groups is 1. The van der Waals surface area contributed by atoms with E-state index < -0.39 is 28.1 Å². The zero-order valence-electron chi connectivity index (χ0n) is 11.6. The summed E-state index contributed by atoms with van der Waals surface area (Å²) in [5, 5.41) is 20.6. The number of nitro benzene ring substituents is 1. The van der Waals surface area contributed by atoms with Crippen LogP contribution in [0.3, 0.4) is 0 Å². The van der Waals surface area contributed by atoms with Gasteiger partial charge in [-0.2, -0.15) is 0 Å². The summed E-state index contributed by atoms with van der Waals surface area (Å²) in [6.07, 6.45) is 0. The molecule has 1 N–H and O–H groups in total. The van der Waals surface area contributed by atoms with E-state index in [1.54, 1.807) is 0 Å². The summed E-state index contributed by atoms with van der Waals surface area (Å²) in [4.78, 5) is 21.9. The van der Waals surface area contributed by atoms with E-state index in [1.807, 2.05) is 0 Å². The highest BCUT2D eigenvalue weighted by Crippen LogP contribution is 2.38. The molecule has 2 rings (SSSR count). The van der Waals surface area contributed by atoms with Crippen LogP contribution in [0.25, 0.3) is 0 Å². The molecule has 2 aromatic carbocycles. The van der Waals surface area contributed by atoms with Crippen LogP contribution in [0.4, 0.5) is 10.1 Å². The highest BCUT2D eigenvalue weighted by Gasteiger charge is 2.24. The van der Waals surface area contributed by atoms with Gasteiger partial charge in [-0.1, -0.05) is 0 Å². The lowest BCUT2D eigenvalue weighted by molar-refractivity contribution is -0.385. The van der Waals surface area contributed by atoms with Crippen LogP contribution >= 0.6 is 15.9 Å². The second-order valence-electron chi connectivity index (χ2n) is 4.26. The summed E-state index contributed by atoms with van der Waals surface area (Å²) in [6.45, 7) is 0. The number of methoxy groups -OCH3 is 1. The first-order chi connectivity index (χ1) is 10.8. The molecule has 0 radical (unpaired) electrons. The summed E-state index contributed by atoms with van der Waals surface area (Å²) in [5.74, 6) is -2.12. The molecular formula is C14H9BrFNO6. The van der Waals surface area contributed by atoms with Gasteiger partial charge in [0.05, 0.1) is 16.5 Å². The summed E-state index contributed by atoms with van der Waals surface area (Å²) < 4.78 is 23.0. The molecule has 7 nitrogen and oxygen atoms in total. The molecule has 0 unspecified atom stereocenters. The summed E-state index contributed by atoms with van der Waals surface area (Å²) in [5.41, 5.74) is -0.795. The monoisotopic (exact) mass is 385 g/mol. The molecule has 0 aliphatic heterocycles. The maximum absolute atomic E-state index is 13.0. The Bertz CT molecular complexity index is 795. The van der Waals surface area contributed by atoms with Crippen molar-refractivity contribution in [3.63, 3.8) is 0 Å². The van der Waals surface area contributed by atoms with Crippen molar-refractivity contribution in [3.05, 3.63) is 56.3 Å². The Balaban J connectivity index is 2.50. The Kier molecular flexibility index (Phi) is 4.80. The van der Waals surface area contributed by atoms with Gasteiger partial charge in [0.15, 0.2) is 11.5 Å². The maximum Gasteiger partial charge on any atom is 0.345 e. The number of carbonyl (C=O) groups is 1. The number of phenols is 1. The van der Waals surface area contributed by atoms with Gasteiger partial charge >= 0.3 is 5.97 Å². The first kappa shape index (κ1) is 16.7. The van der Waals surface area contributed by atoms with Crippen LogP contribution in [0.2, 0.25) is 0 Å². The van der Waals surface area contributed by atoms with E-state index in [1.165, 1.54) is 6.07 Å². The number of aromatic hydroxyl groups is 1. The normalized spacial score (nSPS) is 10.2. The van der Waals surface area contributed by atoms with Gasteiger partial charge in [0.2, 0.25) is 0 Å². The van der Waals surface area contributed by atoms with Gasteiger partial charge in [-0.05, 0) is 28.1 Å². The Morgan fingerprint density at radius 2 is 2.00 bits per heavy atom. The topological polar surface area (TPSA) is 98.9 Å². The van der Waals surface area contributed by atoms with Crippen LogP contribution in [-0.4, -0.2) is 23.1 Å². The standard InChI is InChI=1S/C14H9BrFNO6/c1-22-14(19)8-5-13(9(15)6-10(8)17(20)21)23-12-3-2-7(16)4-11(12)18/h2-6,18H,1H3. The van der Waals surface area contributed by atoms with E-state index in [9.17, 15) is 24.4 Å². The third-order valence-corrected chi connectivity index (χ3v) is 3.41. The van der Waals surface area contributed by atoms with E-state index in [-0.39, 0.29) is 21.5 Å². The van der Waals surface area contributed by atoms with Crippen LogP contribution < -0.4 is 4.74 Å². The molecule has 0 aliphatic carbocycles. The number of esters is 1. The third-order valence-electron chi connectivity index (χ3n) is 2.79. The number of phenolic OH excluding ortho intramolecular Hbond substituents is 1. The zero-order valence-corrected chi connectivity index (χ0v) is 13.2. The van der Waals surface area contributed by atoms with E-state index in [0.717, 1.165) is 31.4 Å². The maximum atomic E-state index is 13.0. The number of halogens is 2. The molecule has 0 spiro atoms. The Labute approximate surface area is 137 Å². The van der Waals surface area contributed by atoms with Crippen molar-refractivity contribution in [2.75, 3.05) is 7.11 Å². The lowest BCUT2D eigenvalue weighted by atomic mass is 10.1. The van der Waals surface area contributed by atoms with Gasteiger partial charge in [0.1, 0.15) is 17.1 Å². The lowest BCUT2D eigenvalue weighted by Gasteiger charge is -2.11. The van der Waals surface area contributed by atoms with E-state index >= 15 is 0 Å². The number of nitrogens with zero attached hydrogens (tertiary/aromatic N) is 1. The minimum atomic E-state index is -0.919. The van der Waals surface area contributed by atoms with E-state index in [2.05, 4.69) is 20.7 Å². The van der Waals surface area contributed by atoms with Crippen LogP contribution in [0.15, 0.2) is 34.8 Å². The molecule has 0 fully saturated rings. The highest BCUT2D eigenvalue weighted by molar-refractivity contribution is 9.10. The molecule has 0 saturated carbocycles. The smallest absolute Gasteiger partial charge is 0.345 e. The zero-order chi connectivity index (χ0) is 17.1. The Morgan fingerprint density at radius 3 is 2.57 bits per heavy atom. The minimum absolute atomic E-state index is 0.0120. The predicted octanol–water partition coefficient (Wildman–Crippen LogP) is 3.78. The van der Waals surface area contributed by atoms with Crippen molar-refractivity contribution in [2.24, 2.45) is 0 Å². The number of carbonyl (C=O) groups excluding carboxylic acids is 1. The highest BCUT2D eigenvalue weighted by atomic mass is 79.9. The molecule has 9 heteroatoms. The largest absolute Gasteiger partial charge is 0.504 e. The van der Waals surface area contributed by atoms with Gasteiger partial charge in [0.25, 0.3) is 5.69 Å². The molecule has 2 aromatic rings. The van der Waals surface area contributed by atoms with Crippen LogP contribution in [0.5, 0.6) is 17.2 Å². The van der Waals surface area contributed by atoms with Gasteiger partial charge < -0.3 is 14.6 Å². The number of hydrogen-bond acceptors (Lipinski definition) is 6. The lowest BCUT2D eigenvalue weighted by Crippen LogP contribution is -2.06. The average molecular weight is 386 g/mol. The molecule has 120 valence electrons. The second-order valence-corrected chi connectivity index (χ2v) is 5.12. The van der Waals surface area contributed by atoms with Crippen molar-refractivity contribution >= 4 is 27.6 Å².